The highest BCUT2D eigenvalue weighted by Crippen LogP contribution is 2.19. The number of carbonyl (C=O) groups excluding carboxylic acids is 1. The standard InChI is InChI=1S/C15H13N3O2/c1-10-7-14(19)12(9-17-10)15(20)18(2)13-6-4-3-5-11(13)8-16/h3-7,9H,1-2H3,(H,17,19). The van der Waals surface area contributed by atoms with Crippen molar-refractivity contribution in [3.05, 3.63) is 63.6 Å². The van der Waals surface area contributed by atoms with Gasteiger partial charge in [-0.1, -0.05) is 12.1 Å². The zero-order chi connectivity index (χ0) is 14.7. The Bertz CT molecular complexity index is 756. The van der Waals surface area contributed by atoms with Crippen molar-refractivity contribution in [3.8, 4) is 6.07 Å². The van der Waals surface area contributed by atoms with Gasteiger partial charge in [0.25, 0.3) is 5.91 Å². The van der Waals surface area contributed by atoms with Gasteiger partial charge in [0.15, 0.2) is 5.43 Å². The Morgan fingerprint density at radius 1 is 1.35 bits per heavy atom. The molecule has 0 atom stereocenters. The van der Waals surface area contributed by atoms with Crippen molar-refractivity contribution >= 4 is 11.6 Å². The Morgan fingerprint density at radius 2 is 2.05 bits per heavy atom. The van der Waals surface area contributed by atoms with Crippen molar-refractivity contribution in [1.82, 2.24) is 4.98 Å². The lowest BCUT2D eigenvalue weighted by molar-refractivity contribution is 0.0991. The minimum Gasteiger partial charge on any atom is -0.364 e. The molecule has 0 aliphatic carbocycles. The van der Waals surface area contributed by atoms with Crippen LogP contribution in [0.1, 0.15) is 21.6 Å². The number of H-pyrrole nitrogens is 1. The first-order chi connectivity index (χ1) is 9.54. The van der Waals surface area contributed by atoms with Gasteiger partial charge in [0.1, 0.15) is 11.6 Å². The number of carbonyl (C=O) groups is 1. The van der Waals surface area contributed by atoms with Gasteiger partial charge >= 0.3 is 0 Å². The summed E-state index contributed by atoms with van der Waals surface area (Å²) >= 11 is 0. The summed E-state index contributed by atoms with van der Waals surface area (Å²) in [6, 6.07) is 10.1. The summed E-state index contributed by atoms with van der Waals surface area (Å²) in [5.74, 6) is -0.450. The van der Waals surface area contributed by atoms with E-state index in [4.69, 9.17) is 5.26 Å². The summed E-state index contributed by atoms with van der Waals surface area (Å²) in [5, 5.41) is 9.05. The number of amides is 1. The van der Waals surface area contributed by atoms with Crippen LogP contribution in [0.15, 0.2) is 41.3 Å². The first-order valence-electron chi connectivity index (χ1n) is 6.01. The maximum Gasteiger partial charge on any atom is 0.263 e. The fourth-order valence-electron chi connectivity index (χ4n) is 1.89. The molecule has 0 spiro atoms. The van der Waals surface area contributed by atoms with Crippen molar-refractivity contribution in [2.45, 2.75) is 6.92 Å². The topological polar surface area (TPSA) is 77.0 Å². The van der Waals surface area contributed by atoms with E-state index < -0.39 is 5.91 Å². The van der Waals surface area contributed by atoms with E-state index in [2.05, 4.69) is 4.98 Å². The Morgan fingerprint density at radius 3 is 2.70 bits per heavy atom. The number of hydrogen-bond acceptors (Lipinski definition) is 3. The Hall–Kier alpha value is -2.87. The molecule has 5 heteroatoms. The molecule has 5 nitrogen and oxygen atoms in total. The molecule has 0 radical (unpaired) electrons. The molecule has 100 valence electrons. The number of aromatic nitrogens is 1. The van der Waals surface area contributed by atoms with E-state index in [1.54, 1.807) is 31.2 Å². The number of rotatable bonds is 2. The molecule has 0 saturated carbocycles. The summed E-state index contributed by atoms with van der Waals surface area (Å²) < 4.78 is 0. The summed E-state index contributed by atoms with van der Waals surface area (Å²) in [6.45, 7) is 1.74. The molecule has 20 heavy (non-hydrogen) atoms. The van der Waals surface area contributed by atoms with E-state index in [0.29, 0.717) is 16.9 Å². The molecular weight excluding hydrogens is 254 g/mol. The first-order valence-corrected chi connectivity index (χ1v) is 6.01. The van der Waals surface area contributed by atoms with Crippen LogP contribution < -0.4 is 10.3 Å². The molecule has 0 saturated heterocycles. The van der Waals surface area contributed by atoms with E-state index in [9.17, 15) is 9.59 Å². The SMILES string of the molecule is Cc1cc(=O)c(C(=O)N(C)c2ccccc2C#N)c[nH]1. The summed E-state index contributed by atoms with van der Waals surface area (Å²) in [7, 11) is 1.54. The normalized spacial score (nSPS) is 9.85. The van der Waals surface area contributed by atoms with Gasteiger partial charge in [0, 0.05) is 25.0 Å². The highest BCUT2D eigenvalue weighted by atomic mass is 16.2. The van der Waals surface area contributed by atoms with Crippen LogP contribution in [0.3, 0.4) is 0 Å². The van der Waals surface area contributed by atoms with E-state index in [1.165, 1.54) is 24.2 Å². The van der Waals surface area contributed by atoms with Crippen LogP contribution in [0.5, 0.6) is 0 Å². The monoisotopic (exact) mass is 267 g/mol. The number of benzene rings is 1. The molecule has 0 fully saturated rings. The van der Waals surface area contributed by atoms with Crippen molar-refractivity contribution in [2.24, 2.45) is 0 Å². The molecule has 1 N–H and O–H groups in total. The van der Waals surface area contributed by atoms with Crippen LogP contribution in [0.2, 0.25) is 0 Å². The van der Waals surface area contributed by atoms with Crippen LogP contribution >= 0.6 is 0 Å². The van der Waals surface area contributed by atoms with E-state index in [-0.39, 0.29) is 11.0 Å². The van der Waals surface area contributed by atoms with Crippen LogP contribution in [0.4, 0.5) is 5.69 Å². The van der Waals surface area contributed by atoms with Gasteiger partial charge in [-0.2, -0.15) is 5.26 Å². The van der Waals surface area contributed by atoms with E-state index >= 15 is 0 Å². The second-order valence-corrected chi connectivity index (χ2v) is 4.39. The molecule has 0 aliphatic rings. The number of nitriles is 1. The lowest BCUT2D eigenvalue weighted by Crippen LogP contribution is -2.31. The van der Waals surface area contributed by atoms with Crippen molar-refractivity contribution in [2.75, 3.05) is 11.9 Å². The largest absolute Gasteiger partial charge is 0.364 e. The highest BCUT2D eigenvalue weighted by Gasteiger charge is 2.18. The molecular formula is C15H13N3O2. The first kappa shape index (κ1) is 13.6. The second kappa shape index (κ2) is 5.41. The zero-order valence-corrected chi connectivity index (χ0v) is 11.2. The molecule has 1 aromatic carbocycles. The van der Waals surface area contributed by atoms with Crippen molar-refractivity contribution in [3.63, 3.8) is 0 Å². The zero-order valence-electron chi connectivity index (χ0n) is 11.2. The average molecular weight is 267 g/mol. The third kappa shape index (κ3) is 2.45. The van der Waals surface area contributed by atoms with Gasteiger partial charge in [-0.15, -0.1) is 0 Å². The minimum atomic E-state index is -0.450. The number of nitrogens with zero attached hydrogens (tertiary/aromatic N) is 2. The fraction of sp³-hybridized carbons (Fsp3) is 0.133. The lowest BCUT2D eigenvalue weighted by atomic mass is 10.1. The number of anilines is 1. The lowest BCUT2D eigenvalue weighted by Gasteiger charge is -2.18. The van der Waals surface area contributed by atoms with Crippen molar-refractivity contribution in [1.29, 1.82) is 5.26 Å². The minimum absolute atomic E-state index is 0.0471. The average Bonchev–Trinajstić information content (AvgIpc) is 2.45. The second-order valence-electron chi connectivity index (χ2n) is 4.39. The molecule has 0 bridgehead atoms. The molecule has 1 aromatic heterocycles. The van der Waals surface area contributed by atoms with Gasteiger partial charge in [-0.05, 0) is 19.1 Å². The molecule has 1 heterocycles. The van der Waals surface area contributed by atoms with Crippen molar-refractivity contribution < 1.29 is 4.79 Å². The van der Waals surface area contributed by atoms with Crippen LogP contribution in [-0.4, -0.2) is 17.9 Å². The third-order valence-corrected chi connectivity index (χ3v) is 2.98. The number of aromatic amines is 1. The smallest absolute Gasteiger partial charge is 0.263 e. The predicted octanol–water partition coefficient (Wildman–Crippen LogP) is 1.83. The highest BCUT2D eigenvalue weighted by molar-refractivity contribution is 6.06. The molecule has 0 unspecified atom stereocenters. The molecule has 0 aliphatic heterocycles. The van der Waals surface area contributed by atoms with E-state index in [1.807, 2.05) is 6.07 Å². The number of hydrogen-bond donors (Lipinski definition) is 1. The quantitative estimate of drug-likeness (QED) is 0.901. The van der Waals surface area contributed by atoms with Gasteiger partial charge in [-0.25, -0.2) is 0 Å². The van der Waals surface area contributed by atoms with Gasteiger partial charge in [-0.3, -0.25) is 9.59 Å². The van der Waals surface area contributed by atoms with Gasteiger partial charge < -0.3 is 9.88 Å². The Balaban J connectivity index is 2.43. The number of para-hydroxylation sites is 1. The van der Waals surface area contributed by atoms with Gasteiger partial charge in [0.2, 0.25) is 0 Å². The Kier molecular flexibility index (Phi) is 3.67. The maximum atomic E-state index is 12.3. The van der Waals surface area contributed by atoms with Crippen LogP contribution in [0.25, 0.3) is 0 Å². The number of pyridine rings is 1. The molecule has 2 rings (SSSR count). The predicted molar refractivity (Wildman–Crippen MR) is 75.7 cm³/mol. The van der Waals surface area contributed by atoms with E-state index in [0.717, 1.165) is 0 Å². The number of aryl methyl sites for hydroxylation is 1. The fourth-order valence-corrected chi connectivity index (χ4v) is 1.89. The summed E-state index contributed by atoms with van der Waals surface area (Å²) in [4.78, 5) is 28.3. The summed E-state index contributed by atoms with van der Waals surface area (Å²) in [5.41, 5.74) is 1.25. The van der Waals surface area contributed by atoms with Gasteiger partial charge in [0.05, 0.1) is 11.3 Å². The maximum absolute atomic E-state index is 12.3. The van der Waals surface area contributed by atoms with Crippen LogP contribution in [0, 0.1) is 18.3 Å². The molecule has 2 aromatic rings. The number of nitrogens with one attached hydrogen (secondary N) is 1. The van der Waals surface area contributed by atoms with Crippen LogP contribution in [-0.2, 0) is 0 Å². The third-order valence-electron chi connectivity index (χ3n) is 2.98. The Labute approximate surface area is 116 Å². The summed E-state index contributed by atoms with van der Waals surface area (Å²) in [6.07, 6.45) is 1.39. The molecule has 1 amide bonds.